The molecule has 2 aromatic rings. The van der Waals surface area contributed by atoms with Crippen LogP contribution in [0.25, 0.3) is 0 Å². The van der Waals surface area contributed by atoms with Gasteiger partial charge in [-0.3, -0.25) is 4.99 Å². The highest BCUT2D eigenvalue weighted by Gasteiger charge is 2.12. The largest absolute Gasteiger partial charge is 0.356 e. The normalized spacial score (nSPS) is 12.0. The maximum Gasteiger partial charge on any atom is 0.191 e. The molecule has 0 fully saturated rings. The summed E-state index contributed by atoms with van der Waals surface area (Å²) in [7, 11) is 1.80. The zero-order chi connectivity index (χ0) is 18.9. The van der Waals surface area contributed by atoms with Crippen molar-refractivity contribution in [3.63, 3.8) is 0 Å². The van der Waals surface area contributed by atoms with Crippen LogP contribution in [0.4, 0.5) is 0 Å². The molecular formula is C18H30N6S2. The van der Waals surface area contributed by atoms with Crippen LogP contribution in [0, 0.1) is 12.8 Å². The predicted octanol–water partition coefficient (Wildman–Crippen LogP) is 3.32. The van der Waals surface area contributed by atoms with Crippen molar-refractivity contribution in [3.05, 3.63) is 27.7 Å². The number of aromatic nitrogens is 3. The lowest BCUT2D eigenvalue weighted by atomic mass is 10.2. The van der Waals surface area contributed by atoms with Gasteiger partial charge in [0.2, 0.25) is 0 Å². The van der Waals surface area contributed by atoms with E-state index in [2.05, 4.69) is 69.6 Å². The average Bonchev–Trinajstić information content (AvgIpc) is 3.20. The van der Waals surface area contributed by atoms with E-state index in [-0.39, 0.29) is 0 Å². The Morgan fingerprint density at radius 2 is 2.12 bits per heavy atom. The van der Waals surface area contributed by atoms with Crippen molar-refractivity contribution >= 4 is 29.1 Å². The first-order valence-electron chi connectivity index (χ1n) is 8.99. The Bertz CT molecular complexity index is 704. The third-order valence-electron chi connectivity index (χ3n) is 3.84. The number of thiophene rings is 1. The highest BCUT2D eigenvalue weighted by Crippen LogP contribution is 2.17. The topological polar surface area (TPSA) is 67.1 Å². The fourth-order valence-electron chi connectivity index (χ4n) is 2.63. The Balaban J connectivity index is 1.77. The molecule has 0 aliphatic heterocycles. The minimum Gasteiger partial charge on any atom is -0.356 e. The molecule has 0 aliphatic rings. The van der Waals surface area contributed by atoms with Gasteiger partial charge in [0.15, 0.2) is 11.1 Å². The van der Waals surface area contributed by atoms with Gasteiger partial charge in [-0.2, -0.15) is 0 Å². The molecule has 0 unspecified atom stereocenters. The van der Waals surface area contributed by atoms with Gasteiger partial charge in [0.1, 0.15) is 5.82 Å². The Labute approximate surface area is 164 Å². The van der Waals surface area contributed by atoms with Crippen LogP contribution in [0.15, 0.2) is 22.3 Å². The van der Waals surface area contributed by atoms with Crippen LogP contribution in [-0.2, 0) is 19.5 Å². The van der Waals surface area contributed by atoms with Gasteiger partial charge >= 0.3 is 0 Å². The summed E-state index contributed by atoms with van der Waals surface area (Å²) in [4.78, 5) is 6.94. The van der Waals surface area contributed by atoms with E-state index < -0.39 is 0 Å². The molecule has 0 saturated carbocycles. The maximum atomic E-state index is 4.38. The number of nitrogens with zero attached hydrogens (tertiary/aromatic N) is 4. The first-order chi connectivity index (χ1) is 12.5. The van der Waals surface area contributed by atoms with E-state index in [0.29, 0.717) is 5.92 Å². The smallest absolute Gasteiger partial charge is 0.191 e. The van der Waals surface area contributed by atoms with Crippen molar-refractivity contribution < 1.29 is 0 Å². The molecule has 2 heterocycles. The van der Waals surface area contributed by atoms with Crippen LogP contribution in [-0.4, -0.2) is 40.6 Å². The summed E-state index contributed by atoms with van der Waals surface area (Å²) in [6, 6.07) is 4.30. The van der Waals surface area contributed by atoms with Crippen molar-refractivity contribution in [2.45, 2.75) is 51.9 Å². The minimum absolute atomic E-state index is 0.581. The van der Waals surface area contributed by atoms with Crippen LogP contribution in [0.1, 0.15) is 35.8 Å². The number of nitrogens with one attached hydrogen (secondary N) is 2. The standard InChI is InChI=1S/C18H30N6S2/c1-13(2)12-24-16(22-23-18(24)25-5)7-6-10-20-17(19-4)21-11-15-9-8-14(3)26-15/h8-9,13H,6-7,10-12H2,1-5H3,(H2,19,20,21). The number of hydrogen-bond donors (Lipinski definition) is 2. The molecule has 2 N–H and O–H groups in total. The lowest BCUT2D eigenvalue weighted by molar-refractivity contribution is 0.477. The molecule has 0 saturated heterocycles. The van der Waals surface area contributed by atoms with Gasteiger partial charge in [0.05, 0.1) is 6.54 Å². The third-order valence-corrected chi connectivity index (χ3v) is 5.51. The Morgan fingerprint density at radius 1 is 1.31 bits per heavy atom. The monoisotopic (exact) mass is 394 g/mol. The molecule has 0 bridgehead atoms. The molecule has 26 heavy (non-hydrogen) atoms. The molecule has 0 aromatic carbocycles. The second-order valence-corrected chi connectivity index (χ2v) is 8.72. The lowest BCUT2D eigenvalue weighted by Gasteiger charge is -2.13. The molecule has 2 aromatic heterocycles. The molecule has 6 nitrogen and oxygen atoms in total. The molecule has 0 radical (unpaired) electrons. The van der Waals surface area contributed by atoms with Crippen molar-refractivity contribution in [1.82, 2.24) is 25.4 Å². The molecule has 0 atom stereocenters. The fourth-order valence-corrected chi connectivity index (χ4v) is 3.98. The lowest BCUT2D eigenvalue weighted by Crippen LogP contribution is -2.37. The zero-order valence-corrected chi connectivity index (χ0v) is 18.0. The molecule has 0 amide bonds. The van der Waals surface area contributed by atoms with E-state index in [1.54, 1.807) is 18.8 Å². The van der Waals surface area contributed by atoms with E-state index in [1.807, 2.05) is 11.3 Å². The zero-order valence-electron chi connectivity index (χ0n) is 16.4. The second kappa shape index (κ2) is 10.6. The molecule has 144 valence electrons. The average molecular weight is 395 g/mol. The van der Waals surface area contributed by atoms with Crippen molar-refractivity contribution in [2.24, 2.45) is 10.9 Å². The van der Waals surface area contributed by atoms with Gasteiger partial charge < -0.3 is 15.2 Å². The first-order valence-corrected chi connectivity index (χ1v) is 11.0. The third kappa shape index (κ3) is 6.32. The number of thioether (sulfide) groups is 1. The number of guanidine groups is 1. The first kappa shape index (κ1) is 20.8. The Morgan fingerprint density at radius 3 is 2.73 bits per heavy atom. The summed E-state index contributed by atoms with van der Waals surface area (Å²) in [5.41, 5.74) is 0. The summed E-state index contributed by atoms with van der Waals surface area (Å²) in [5.74, 6) is 2.49. The summed E-state index contributed by atoms with van der Waals surface area (Å²) in [5, 5.41) is 16.4. The van der Waals surface area contributed by atoms with Gasteiger partial charge in [-0.15, -0.1) is 21.5 Å². The number of aryl methyl sites for hydroxylation is 2. The van der Waals surface area contributed by atoms with E-state index in [9.17, 15) is 0 Å². The maximum absolute atomic E-state index is 4.38. The van der Waals surface area contributed by atoms with E-state index in [1.165, 1.54) is 9.75 Å². The minimum atomic E-state index is 0.581. The van der Waals surface area contributed by atoms with Gasteiger partial charge in [-0.25, -0.2) is 0 Å². The molecular weight excluding hydrogens is 364 g/mol. The molecule has 0 spiro atoms. The quantitative estimate of drug-likeness (QED) is 0.296. The van der Waals surface area contributed by atoms with Gasteiger partial charge in [0, 0.05) is 36.3 Å². The number of hydrogen-bond acceptors (Lipinski definition) is 5. The van der Waals surface area contributed by atoms with Gasteiger partial charge in [-0.1, -0.05) is 25.6 Å². The fraction of sp³-hybridized carbons (Fsp3) is 0.611. The highest BCUT2D eigenvalue weighted by atomic mass is 32.2. The Hall–Kier alpha value is -1.54. The van der Waals surface area contributed by atoms with Crippen molar-refractivity contribution in [1.29, 1.82) is 0 Å². The summed E-state index contributed by atoms with van der Waals surface area (Å²) < 4.78 is 2.25. The van der Waals surface area contributed by atoms with Gasteiger partial charge in [-0.05, 0) is 37.7 Å². The van der Waals surface area contributed by atoms with Crippen LogP contribution in [0.5, 0.6) is 0 Å². The predicted molar refractivity (Wildman–Crippen MR) is 112 cm³/mol. The van der Waals surface area contributed by atoms with E-state index in [0.717, 1.165) is 49.4 Å². The van der Waals surface area contributed by atoms with Crippen molar-refractivity contribution in [2.75, 3.05) is 19.8 Å². The summed E-state index contributed by atoms with van der Waals surface area (Å²) in [6.07, 6.45) is 3.95. The van der Waals surface area contributed by atoms with Crippen molar-refractivity contribution in [3.8, 4) is 0 Å². The van der Waals surface area contributed by atoms with Crippen LogP contribution in [0.3, 0.4) is 0 Å². The highest BCUT2D eigenvalue weighted by molar-refractivity contribution is 7.98. The van der Waals surface area contributed by atoms with Crippen LogP contribution in [0.2, 0.25) is 0 Å². The SMILES string of the molecule is CN=C(NCCCc1nnc(SC)n1CC(C)C)NCc1ccc(C)s1. The van der Waals surface area contributed by atoms with Crippen LogP contribution >= 0.6 is 23.1 Å². The summed E-state index contributed by atoms with van der Waals surface area (Å²) in [6.45, 7) is 9.20. The second-order valence-electron chi connectivity index (χ2n) is 6.58. The van der Waals surface area contributed by atoms with Crippen LogP contribution < -0.4 is 10.6 Å². The number of aliphatic imine (C=N–C) groups is 1. The molecule has 8 heteroatoms. The summed E-state index contributed by atoms with van der Waals surface area (Å²) >= 11 is 3.47. The Kier molecular flexibility index (Phi) is 8.44. The van der Waals surface area contributed by atoms with Gasteiger partial charge in [0.25, 0.3) is 0 Å². The number of rotatable bonds is 9. The van der Waals surface area contributed by atoms with E-state index >= 15 is 0 Å². The molecule has 2 rings (SSSR count). The van der Waals surface area contributed by atoms with E-state index in [4.69, 9.17) is 0 Å². The molecule has 0 aliphatic carbocycles.